The SMILES string of the molecule is CCOC(=O)C1C2COc3cc(OC)ccc3C2N2C(=O)N(c3ccc(C(F)(F)F)cc3)C(=O)[C@@]12C. The van der Waals surface area contributed by atoms with Crippen molar-refractivity contribution < 1.29 is 41.8 Å². The van der Waals surface area contributed by atoms with E-state index in [4.69, 9.17) is 14.2 Å². The molecule has 5 rings (SSSR count). The molecule has 2 fully saturated rings. The first-order chi connectivity index (χ1) is 17.0. The molecule has 0 saturated carbocycles. The fourth-order valence-corrected chi connectivity index (χ4v) is 5.62. The molecule has 0 aliphatic carbocycles. The van der Waals surface area contributed by atoms with E-state index in [1.165, 1.54) is 18.9 Å². The lowest BCUT2D eigenvalue weighted by atomic mass is 9.77. The number of rotatable bonds is 4. The number of urea groups is 1. The number of halogens is 3. The summed E-state index contributed by atoms with van der Waals surface area (Å²) in [4.78, 5) is 43.0. The molecule has 2 saturated heterocycles. The van der Waals surface area contributed by atoms with Gasteiger partial charge in [-0.15, -0.1) is 0 Å². The third kappa shape index (κ3) is 3.25. The minimum Gasteiger partial charge on any atom is -0.497 e. The maximum absolute atomic E-state index is 13.8. The molecule has 0 spiro atoms. The number of carbonyl (C=O) groups is 3. The van der Waals surface area contributed by atoms with Crippen molar-refractivity contribution in [3.63, 3.8) is 0 Å². The first-order valence-corrected chi connectivity index (χ1v) is 11.4. The molecule has 3 unspecified atom stereocenters. The van der Waals surface area contributed by atoms with Gasteiger partial charge in [-0.25, -0.2) is 9.69 Å². The van der Waals surface area contributed by atoms with Crippen LogP contribution in [0.2, 0.25) is 0 Å². The van der Waals surface area contributed by atoms with Gasteiger partial charge < -0.3 is 19.1 Å². The van der Waals surface area contributed by atoms with Crippen molar-refractivity contribution in [2.45, 2.75) is 31.6 Å². The number of fused-ring (bicyclic) bond motifs is 5. The normalized spacial score (nSPS) is 26.8. The van der Waals surface area contributed by atoms with Crippen LogP contribution in [0, 0.1) is 11.8 Å². The Balaban J connectivity index is 1.63. The number of methoxy groups -OCH3 is 1. The summed E-state index contributed by atoms with van der Waals surface area (Å²) < 4.78 is 55.7. The third-order valence-corrected chi connectivity index (χ3v) is 7.22. The lowest BCUT2D eigenvalue weighted by Crippen LogP contribution is -2.51. The summed E-state index contributed by atoms with van der Waals surface area (Å²) in [6.45, 7) is 3.27. The molecule has 190 valence electrons. The number of benzene rings is 2. The number of amides is 3. The Morgan fingerprint density at radius 2 is 1.86 bits per heavy atom. The molecule has 0 bridgehead atoms. The number of hydrogen-bond donors (Lipinski definition) is 0. The zero-order valence-electron chi connectivity index (χ0n) is 19.7. The zero-order chi connectivity index (χ0) is 26.0. The van der Waals surface area contributed by atoms with Crippen molar-refractivity contribution in [1.29, 1.82) is 0 Å². The van der Waals surface area contributed by atoms with Crippen molar-refractivity contribution >= 4 is 23.6 Å². The Kier molecular flexibility index (Phi) is 5.42. The second-order valence-corrected chi connectivity index (χ2v) is 9.04. The van der Waals surface area contributed by atoms with E-state index in [0.29, 0.717) is 17.1 Å². The van der Waals surface area contributed by atoms with E-state index in [2.05, 4.69) is 0 Å². The predicted octanol–water partition coefficient (Wildman–Crippen LogP) is 4.18. The molecule has 8 nitrogen and oxygen atoms in total. The fourth-order valence-electron chi connectivity index (χ4n) is 5.62. The Morgan fingerprint density at radius 3 is 2.47 bits per heavy atom. The lowest BCUT2D eigenvalue weighted by Gasteiger charge is -2.34. The molecular formula is C25H23F3N2O6. The molecule has 3 amide bonds. The zero-order valence-corrected chi connectivity index (χ0v) is 19.7. The summed E-state index contributed by atoms with van der Waals surface area (Å²) in [7, 11) is 1.50. The fraction of sp³-hybridized carbons (Fsp3) is 0.400. The van der Waals surface area contributed by atoms with Crippen LogP contribution in [0.4, 0.5) is 23.7 Å². The summed E-state index contributed by atoms with van der Waals surface area (Å²) >= 11 is 0. The summed E-state index contributed by atoms with van der Waals surface area (Å²) in [5, 5.41) is 0. The van der Waals surface area contributed by atoms with E-state index in [1.54, 1.807) is 25.1 Å². The van der Waals surface area contributed by atoms with Crippen LogP contribution >= 0.6 is 0 Å². The van der Waals surface area contributed by atoms with Gasteiger partial charge in [0.25, 0.3) is 5.91 Å². The molecule has 11 heteroatoms. The minimum atomic E-state index is -4.57. The minimum absolute atomic E-state index is 0.0187. The van der Waals surface area contributed by atoms with Gasteiger partial charge in [-0.3, -0.25) is 9.59 Å². The van der Waals surface area contributed by atoms with E-state index >= 15 is 0 Å². The summed E-state index contributed by atoms with van der Waals surface area (Å²) in [5.41, 5.74) is -1.96. The molecule has 4 atom stereocenters. The quantitative estimate of drug-likeness (QED) is 0.459. The smallest absolute Gasteiger partial charge is 0.416 e. The van der Waals surface area contributed by atoms with Crippen LogP contribution in [0.25, 0.3) is 0 Å². The Hall–Kier alpha value is -3.76. The number of anilines is 1. The topological polar surface area (TPSA) is 85.4 Å². The van der Waals surface area contributed by atoms with E-state index < -0.39 is 53.1 Å². The number of ether oxygens (including phenoxy) is 3. The van der Waals surface area contributed by atoms with Gasteiger partial charge in [0.2, 0.25) is 0 Å². The van der Waals surface area contributed by atoms with Crippen LogP contribution in [0.1, 0.15) is 31.0 Å². The van der Waals surface area contributed by atoms with Crippen LogP contribution in [0.15, 0.2) is 42.5 Å². The van der Waals surface area contributed by atoms with Gasteiger partial charge >= 0.3 is 18.2 Å². The monoisotopic (exact) mass is 504 g/mol. The van der Waals surface area contributed by atoms with Gasteiger partial charge in [0.15, 0.2) is 0 Å². The van der Waals surface area contributed by atoms with Gasteiger partial charge in [0, 0.05) is 17.5 Å². The summed E-state index contributed by atoms with van der Waals surface area (Å²) in [6.07, 6.45) is -4.57. The summed E-state index contributed by atoms with van der Waals surface area (Å²) in [5.74, 6) is -1.99. The Bertz CT molecular complexity index is 1250. The molecule has 3 aliphatic heterocycles. The van der Waals surface area contributed by atoms with E-state index in [1.807, 2.05) is 0 Å². The average Bonchev–Trinajstić information content (AvgIpc) is 3.23. The van der Waals surface area contributed by atoms with Crippen molar-refractivity contribution in [2.75, 3.05) is 25.2 Å². The number of esters is 1. The standard InChI is InChI=1S/C25H23F3N2O6/c1-4-35-21(31)19-17-12-36-18-11-15(34-3)9-10-16(18)20(17)30-23(33)29(22(32)24(19,30)2)14-7-5-13(6-8-14)25(26,27)28/h5-11,17,19-20H,4,12H2,1-3H3/t17?,19?,20?,24-/m1/s1. The average molecular weight is 504 g/mol. The highest BCUT2D eigenvalue weighted by molar-refractivity contribution is 6.24. The molecule has 3 heterocycles. The molecule has 36 heavy (non-hydrogen) atoms. The van der Waals surface area contributed by atoms with Gasteiger partial charge in [-0.1, -0.05) is 0 Å². The van der Waals surface area contributed by atoms with Crippen molar-refractivity contribution in [2.24, 2.45) is 11.8 Å². The van der Waals surface area contributed by atoms with Gasteiger partial charge in [-0.2, -0.15) is 13.2 Å². The third-order valence-electron chi connectivity index (χ3n) is 7.22. The second kappa shape index (κ2) is 8.14. The van der Waals surface area contributed by atoms with Gasteiger partial charge in [0.05, 0.1) is 43.5 Å². The highest BCUT2D eigenvalue weighted by atomic mass is 19.4. The van der Waals surface area contributed by atoms with Crippen LogP contribution in [0.3, 0.4) is 0 Å². The molecule has 2 aromatic carbocycles. The lowest BCUT2D eigenvalue weighted by molar-refractivity contribution is -0.154. The summed E-state index contributed by atoms with van der Waals surface area (Å²) in [6, 6.07) is 7.41. The highest BCUT2D eigenvalue weighted by Gasteiger charge is 2.72. The van der Waals surface area contributed by atoms with E-state index in [-0.39, 0.29) is 18.9 Å². The molecule has 3 aliphatic rings. The number of imide groups is 1. The largest absolute Gasteiger partial charge is 0.497 e. The highest BCUT2D eigenvalue weighted by Crippen LogP contribution is 2.58. The number of alkyl halides is 3. The number of nitrogens with zero attached hydrogens (tertiary/aromatic N) is 2. The van der Waals surface area contributed by atoms with Crippen molar-refractivity contribution in [1.82, 2.24) is 4.90 Å². The maximum atomic E-state index is 13.8. The molecule has 2 aromatic rings. The van der Waals surface area contributed by atoms with Crippen LogP contribution in [-0.4, -0.2) is 48.7 Å². The van der Waals surface area contributed by atoms with Gasteiger partial charge in [0.1, 0.15) is 17.0 Å². The molecule has 0 radical (unpaired) electrons. The van der Waals surface area contributed by atoms with Gasteiger partial charge in [-0.05, 0) is 50.2 Å². The Morgan fingerprint density at radius 1 is 1.17 bits per heavy atom. The molecule has 0 N–H and O–H groups in total. The number of carbonyl (C=O) groups excluding carboxylic acids is 3. The second-order valence-electron chi connectivity index (χ2n) is 9.04. The Labute approximate surface area is 204 Å². The van der Waals surface area contributed by atoms with Crippen molar-refractivity contribution in [3.05, 3.63) is 53.6 Å². The maximum Gasteiger partial charge on any atom is 0.416 e. The van der Waals surface area contributed by atoms with Crippen LogP contribution in [-0.2, 0) is 20.5 Å². The van der Waals surface area contributed by atoms with E-state index in [0.717, 1.165) is 29.2 Å². The van der Waals surface area contributed by atoms with Crippen molar-refractivity contribution in [3.8, 4) is 11.5 Å². The number of hydrogen-bond acceptors (Lipinski definition) is 6. The van der Waals surface area contributed by atoms with Crippen LogP contribution in [0.5, 0.6) is 11.5 Å². The first kappa shape index (κ1) is 24.0. The predicted molar refractivity (Wildman–Crippen MR) is 119 cm³/mol. The first-order valence-electron chi connectivity index (χ1n) is 11.4. The van der Waals surface area contributed by atoms with E-state index in [9.17, 15) is 27.6 Å². The molecule has 0 aromatic heterocycles. The van der Waals surface area contributed by atoms with Crippen LogP contribution < -0.4 is 14.4 Å². The molecular weight excluding hydrogens is 481 g/mol.